The van der Waals surface area contributed by atoms with Gasteiger partial charge in [0.15, 0.2) is 0 Å². The molecule has 2 heterocycles. The molecule has 16 heavy (non-hydrogen) atoms. The maximum Gasteiger partial charge on any atom is 0.0584 e. The first-order chi connectivity index (χ1) is 7.83. The summed E-state index contributed by atoms with van der Waals surface area (Å²) in [5.74, 6) is 1.77. The standard InChI is InChI=1S/C13H26N2O/c1-2-15-7-4-11(5-8-15)12-3-6-14-13(9-12)10-16/h11-14,16H,2-10H2,1H3. The van der Waals surface area contributed by atoms with Crippen molar-refractivity contribution in [3.8, 4) is 0 Å². The van der Waals surface area contributed by atoms with Gasteiger partial charge in [0.05, 0.1) is 6.61 Å². The van der Waals surface area contributed by atoms with Crippen LogP contribution in [0.15, 0.2) is 0 Å². The predicted octanol–water partition coefficient (Wildman–Crippen LogP) is 1.08. The highest BCUT2D eigenvalue weighted by atomic mass is 16.3. The van der Waals surface area contributed by atoms with Gasteiger partial charge in [-0.25, -0.2) is 0 Å². The number of hydrogen-bond acceptors (Lipinski definition) is 3. The average molecular weight is 226 g/mol. The summed E-state index contributed by atoms with van der Waals surface area (Å²) in [5, 5.41) is 12.6. The van der Waals surface area contributed by atoms with Crippen LogP contribution in [0.1, 0.15) is 32.6 Å². The Labute approximate surface area is 99.2 Å². The van der Waals surface area contributed by atoms with Crippen LogP contribution >= 0.6 is 0 Å². The summed E-state index contributed by atoms with van der Waals surface area (Å²) >= 11 is 0. The van der Waals surface area contributed by atoms with E-state index in [0.717, 1.165) is 18.4 Å². The third-order valence-corrected chi connectivity index (χ3v) is 4.50. The number of nitrogens with zero attached hydrogens (tertiary/aromatic N) is 1. The normalized spacial score (nSPS) is 34.1. The molecule has 94 valence electrons. The molecule has 0 saturated carbocycles. The Morgan fingerprint density at radius 3 is 2.56 bits per heavy atom. The van der Waals surface area contributed by atoms with Crippen LogP contribution in [0.25, 0.3) is 0 Å². The zero-order chi connectivity index (χ0) is 11.4. The lowest BCUT2D eigenvalue weighted by atomic mass is 9.77. The quantitative estimate of drug-likeness (QED) is 0.756. The molecule has 2 unspecified atom stereocenters. The minimum atomic E-state index is 0.310. The van der Waals surface area contributed by atoms with Crippen LogP contribution in [-0.2, 0) is 0 Å². The summed E-state index contributed by atoms with van der Waals surface area (Å²) in [6.07, 6.45) is 5.24. The first-order valence-electron chi connectivity index (χ1n) is 6.90. The Morgan fingerprint density at radius 2 is 1.94 bits per heavy atom. The molecule has 0 aromatic heterocycles. The van der Waals surface area contributed by atoms with E-state index in [9.17, 15) is 5.11 Å². The van der Waals surface area contributed by atoms with E-state index in [1.807, 2.05) is 0 Å². The van der Waals surface area contributed by atoms with Crippen LogP contribution in [0.3, 0.4) is 0 Å². The number of aliphatic hydroxyl groups is 1. The second kappa shape index (κ2) is 5.99. The third kappa shape index (κ3) is 2.96. The monoisotopic (exact) mass is 226 g/mol. The van der Waals surface area contributed by atoms with Crippen LogP contribution in [0.4, 0.5) is 0 Å². The van der Waals surface area contributed by atoms with E-state index in [1.54, 1.807) is 0 Å². The lowest BCUT2D eigenvalue weighted by molar-refractivity contribution is 0.108. The van der Waals surface area contributed by atoms with E-state index in [0.29, 0.717) is 12.6 Å². The molecule has 0 radical (unpaired) electrons. The van der Waals surface area contributed by atoms with Crippen molar-refractivity contribution in [2.24, 2.45) is 11.8 Å². The number of aliphatic hydroxyl groups excluding tert-OH is 1. The molecule has 0 aromatic rings. The molecule has 2 aliphatic rings. The first-order valence-corrected chi connectivity index (χ1v) is 6.90. The van der Waals surface area contributed by atoms with Crippen LogP contribution in [-0.4, -0.2) is 48.8 Å². The van der Waals surface area contributed by atoms with Gasteiger partial charge in [0, 0.05) is 6.04 Å². The smallest absolute Gasteiger partial charge is 0.0584 e. The van der Waals surface area contributed by atoms with Crippen LogP contribution < -0.4 is 5.32 Å². The van der Waals surface area contributed by atoms with Crippen molar-refractivity contribution in [1.82, 2.24) is 10.2 Å². The van der Waals surface area contributed by atoms with Gasteiger partial charge in [-0.15, -0.1) is 0 Å². The molecule has 2 aliphatic heterocycles. The fourth-order valence-corrected chi connectivity index (χ4v) is 3.35. The van der Waals surface area contributed by atoms with E-state index < -0.39 is 0 Å². The number of likely N-dealkylation sites (tertiary alicyclic amines) is 1. The van der Waals surface area contributed by atoms with Gasteiger partial charge in [0.2, 0.25) is 0 Å². The summed E-state index contributed by atoms with van der Waals surface area (Å²) in [6, 6.07) is 0.364. The molecule has 0 spiro atoms. The highest BCUT2D eigenvalue weighted by Crippen LogP contribution is 2.32. The zero-order valence-electron chi connectivity index (χ0n) is 10.5. The fraction of sp³-hybridized carbons (Fsp3) is 1.00. The van der Waals surface area contributed by atoms with E-state index in [4.69, 9.17) is 0 Å². The number of rotatable bonds is 3. The second-order valence-electron chi connectivity index (χ2n) is 5.39. The molecule has 0 aromatic carbocycles. The summed E-state index contributed by atoms with van der Waals surface area (Å²) in [7, 11) is 0. The largest absolute Gasteiger partial charge is 0.395 e. The van der Waals surface area contributed by atoms with Gasteiger partial charge < -0.3 is 15.3 Å². The Morgan fingerprint density at radius 1 is 1.19 bits per heavy atom. The van der Waals surface area contributed by atoms with Gasteiger partial charge in [-0.3, -0.25) is 0 Å². The van der Waals surface area contributed by atoms with Crippen molar-refractivity contribution in [1.29, 1.82) is 0 Å². The zero-order valence-corrected chi connectivity index (χ0v) is 10.5. The van der Waals surface area contributed by atoms with Crippen molar-refractivity contribution in [2.45, 2.75) is 38.6 Å². The Bertz CT molecular complexity index is 202. The van der Waals surface area contributed by atoms with Gasteiger partial charge in [0.25, 0.3) is 0 Å². The maximum absolute atomic E-state index is 9.22. The summed E-state index contributed by atoms with van der Waals surface area (Å²) in [6.45, 7) is 7.45. The third-order valence-electron chi connectivity index (χ3n) is 4.50. The maximum atomic E-state index is 9.22. The van der Waals surface area contributed by atoms with E-state index in [-0.39, 0.29) is 0 Å². The van der Waals surface area contributed by atoms with Crippen molar-refractivity contribution in [2.75, 3.05) is 32.8 Å². The number of piperidine rings is 2. The van der Waals surface area contributed by atoms with Crippen LogP contribution in [0.5, 0.6) is 0 Å². The Kier molecular flexibility index (Phi) is 4.62. The molecule has 2 fully saturated rings. The topological polar surface area (TPSA) is 35.5 Å². The van der Waals surface area contributed by atoms with Gasteiger partial charge in [-0.2, -0.15) is 0 Å². The summed E-state index contributed by atoms with van der Waals surface area (Å²) in [5.41, 5.74) is 0. The van der Waals surface area contributed by atoms with Gasteiger partial charge >= 0.3 is 0 Å². The molecule has 2 rings (SSSR count). The summed E-state index contributed by atoms with van der Waals surface area (Å²) < 4.78 is 0. The molecule has 2 N–H and O–H groups in total. The first kappa shape index (κ1) is 12.3. The molecule has 0 bridgehead atoms. The Hall–Kier alpha value is -0.120. The Balaban J connectivity index is 1.79. The minimum Gasteiger partial charge on any atom is -0.395 e. The molecular formula is C13H26N2O. The van der Waals surface area contributed by atoms with Gasteiger partial charge in [-0.05, 0) is 63.7 Å². The van der Waals surface area contributed by atoms with E-state index in [1.165, 1.54) is 45.3 Å². The lowest BCUT2D eigenvalue weighted by Crippen LogP contribution is -2.44. The predicted molar refractivity (Wildman–Crippen MR) is 66.4 cm³/mol. The fourth-order valence-electron chi connectivity index (χ4n) is 3.35. The molecule has 3 nitrogen and oxygen atoms in total. The highest BCUT2D eigenvalue weighted by Gasteiger charge is 2.29. The van der Waals surface area contributed by atoms with E-state index in [2.05, 4.69) is 17.1 Å². The number of hydrogen-bond donors (Lipinski definition) is 2. The molecule has 3 heteroatoms. The van der Waals surface area contributed by atoms with Crippen LogP contribution in [0, 0.1) is 11.8 Å². The molecule has 0 aliphatic carbocycles. The van der Waals surface area contributed by atoms with Gasteiger partial charge in [-0.1, -0.05) is 6.92 Å². The molecule has 2 atom stereocenters. The van der Waals surface area contributed by atoms with Crippen molar-refractivity contribution in [3.05, 3.63) is 0 Å². The van der Waals surface area contributed by atoms with Crippen molar-refractivity contribution in [3.63, 3.8) is 0 Å². The molecule has 0 amide bonds. The average Bonchev–Trinajstić information content (AvgIpc) is 2.39. The minimum absolute atomic E-state index is 0.310. The highest BCUT2D eigenvalue weighted by molar-refractivity contribution is 4.84. The van der Waals surface area contributed by atoms with Crippen molar-refractivity contribution < 1.29 is 5.11 Å². The van der Waals surface area contributed by atoms with Crippen molar-refractivity contribution >= 4 is 0 Å². The lowest BCUT2D eigenvalue weighted by Gasteiger charge is -2.39. The van der Waals surface area contributed by atoms with Gasteiger partial charge in [0.1, 0.15) is 0 Å². The molecule has 2 saturated heterocycles. The van der Waals surface area contributed by atoms with Crippen LogP contribution in [0.2, 0.25) is 0 Å². The summed E-state index contributed by atoms with van der Waals surface area (Å²) in [4.78, 5) is 2.56. The SMILES string of the molecule is CCN1CCC(C2CCNC(CO)C2)CC1. The molecular weight excluding hydrogens is 200 g/mol. The number of nitrogens with one attached hydrogen (secondary N) is 1. The second-order valence-corrected chi connectivity index (χ2v) is 5.39. The van der Waals surface area contributed by atoms with E-state index >= 15 is 0 Å².